The third kappa shape index (κ3) is 8.15. The van der Waals surface area contributed by atoms with Crippen molar-refractivity contribution < 1.29 is 34.1 Å². The highest BCUT2D eigenvalue weighted by molar-refractivity contribution is 6.30. The van der Waals surface area contributed by atoms with Crippen LogP contribution in [0.3, 0.4) is 0 Å². The molecule has 5 aliphatic carbocycles. The van der Waals surface area contributed by atoms with Gasteiger partial charge in [0.2, 0.25) is 0 Å². The number of rotatable bonds is 10. The Morgan fingerprint density at radius 1 is 0.962 bits per heavy atom. The van der Waals surface area contributed by atoms with Gasteiger partial charge in [0.25, 0.3) is 5.97 Å². The minimum Gasteiger partial charge on any atom is -0.481 e. The number of nitrogens with one attached hydrogen (secondary N) is 1. The maximum Gasteiger partial charge on any atom is 0.309 e. The summed E-state index contributed by atoms with van der Waals surface area (Å²) in [5.74, 6) is 0.886. The predicted octanol–water partition coefficient (Wildman–Crippen LogP) is 9.52. The second kappa shape index (κ2) is 15.8. The highest BCUT2D eigenvalue weighted by Crippen LogP contribution is 2.72. The van der Waals surface area contributed by atoms with E-state index >= 15 is 0 Å². The Morgan fingerprint density at radius 2 is 1.57 bits per heavy atom. The number of carbonyl (C=O) groups excluding carboxylic acids is 2. The van der Waals surface area contributed by atoms with Crippen molar-refractivity contribution in [2.75, 3.05) is 6.54 Å². The van der Waals surface area contributed by atoms with Crippen LogP contribution in [0.5, 0.6) is 0 Å². The zero-order chi connectivity index (χ0) is 39.1. The molecule has 9 heteroatoms. The lowest BCUT2D eigenvalue weighted by atomic mass is 9.38. The van der Waals surface area contributed by atoms with Gasteiger partial charge in [-0.1, -0.05) is 63.9 Å². The number of carbonyl (C=O) groups is 4. The molecule has 4 fully saturated rings. The van der Waals surface area contributed by atoms with Crippen LogP contribution in [0, 0.1) is 57.2 Å². The number of halogens is 1. The number of allylic oxidation sites excluding steroid dienone is 2. The second-order valence-corrected chi connectivity index (χ2v) is 19.2. The summed E-state index contributed by atoms with van der Waals surface area (Å²) in [4.78, 5) is 47.4. The van der Waals surface area contributed by atoms with E-state index < -0.39 is 17.4 Å². The van der Waals surface area contributed by atoms with Gasteiger partial charge in [0.05, 0.1) is 11.8 Å². The molecule has 9 unspecified atom stereocenters. The van der Waals surface area contributed by atoms with E-state index in [0.717, 1.165) is 62.7 Å². The number of esters is 1. The normalized spacial score (nSPS) is 34.9. The van der Waals surface area contributed by atoms with Crippen LogP contribution in [0.4, 0.5) is 0 Å². The van der Waals surface area contributed by atoms with Crippen LogP contribution in [0.15, 0.2) is 35.4 Å². The zero-order valence-corrected chi connectivity index (χ0v) is 34.1. The third-order valence-corrected chi connectivity index (χ3v) is 15.0. The van der Waals surface area contributed by atoms with E-state index in [0.29, 0.717) is 35.9 Å². The standard InChI is InChI=1S/C42H60ClNO5.C2H4O2/c1-25(2)36-32(45)22-42(20-21-44-24-27-8-10-28(43)11-9-27)19-15-31-29(37(36)42)12-13-34-40(6)18-16-33(26(3)30(40)14-17-41(31,34)7)49-35(46)23-39(4,5)38(47)48;1-2(3)4/h8-11,25-26,29-31,33-34,44H,12-24H2,1-7H3,(H,47,48);1H3,(H,3,4). The molecule has 0 amide bonds. The molecule has 0 saturated heterocycles. The lowest BCUT2D eigenvalue weighted by molar-refractivity contribution is -0.192. The highest BCUT2D eigenvalue weighted by Gasteiger charge is 2.65. The lowest BCUT2D eigenvalue weighted by Crippen LogP contribution is -2.60. The molecule has 0 aromatic heterocycles. The molecule has 0 bridgehead atoms. The first kappa shape index (κ1) is 41.5. The molecule has 0 spiro atoms. The Balaban J connectivity index is 0.00000129. The van der Waals surface area contributed by atoms with Gasteiger partial charge in [0, 0.05) is 30.3 Å². The smallest absolute Gasteiger partial charge is 0.309 e. The van der Waals surface area contributed by atoms with E-state index in [2.05, 4.69) is 52.1 Å². The first-order valence-corrected chi connectivity index (χ1v) is 20.5. The molecule has 0 radical (unpaired) electrons. The van der Waals surface area contributed by atoms with Crippen LogP contribution in [0.2, 0.25) is 5.02 Å². The van der Waals surface area contributed by atoms with Gasteiger partial charge >= 0.3 is 11.9 Å². The molecule has 8 nitrogen and oxygen atoms in total. The van der Waals surface area contributed by atoms with E-state index in [1.165, 1.54) is 31.2 Å². The number of carboxylic acid groups (broad SMARTS) is 2. The molecule has 6 rings (SSSR count). The van der Waals surface area contributed by atoms with Crippen LogP contribution in [-0.2, 0) is 30.5 Å². The van der Waals surface area contributed by atoms with Crippen LogP contribution >= 0.6 is 11.6 Å². The Morgan fingerprint density at radius 3 is 2.19 bits per heavy atom. The summed E-state index contributed by atoms with van der Waals surface area (Å²) in [5, 5.41) is 21.4. The number of hydrogen-bond acceptors (Lipinski definition) is 6. The van der Waals surface area contributed by atoms with Crippen molar-refractivity contribution in [2.45, 2.75) is 139 Å². The Labute approximate surface area is 322 Å². The third-order valence-electron chi connectivity index (χ3n) is 14.7. The van der Waals surface area contributed by atoms with Crippen LogP contribution in [0.25, 0.3) is 0 Å². The first-order valence-electron chi connectivity index (χ1n) is 20.1. The zero-order valence-electron chi connectivity index (χ0n) is 33.4. The van der Waals surface area contributed by atoms with Gasteiger partial charge in [-0.15, -0.1) is 0 Å². The quantitative estimate of drug-likeness (QED) is 0.159. The number of ether oxygens (including phenoxy) is 1. The van der Waals surface area contributed by atoms with Crippen molar-refractivity contribution in [1.29, 1.82) is 0 Å². The Hall–Kier alpha value is -2.71. The number of hydrogen-bond donors (Lipinski definition) is 3. The van der Waals surface area contributed by atoms with Crippen molar-refractivity contribution >= 4 is 35.3 Å². The number of benzene rings is 1. The fraction of sp³-hybridized carbons (Fsp3) is 0.727. The van der Waals surface area contributed by atoms with Crippen molar-refractivity contribution in [1.82, 2.24) is 5.32 Å². The van der Waals surface area contributed by atoms with E-state index in [1.807, 2.05) is 12.1 Å². The monoisotopic (exact) mass is 753 g/mol. The first-order chi connectivity index (χ1) is 24.8. The second-order valence-electron chi connectivity index (χ2n) is 18.8. The van der Waals surface area contributed by atoms with E-state index in [-0.39, 0.29) is 46.6 Å². The number of ketones is 1. The number of aliphatic carboxylic acids is 2. The minimum absolute atomic E-state index is 0.0131. The Bertz CT molecular complexity index is 1580. The maximum atomic E-state index is 13.8. The van der Waals surface area contributed by atoms with Gasteiger partial charge < -0.3 is 20.3 Å². The molecule has 1 aromatic carbocycles. The van der Waals surface area contributed by atoms with Gasteiger partial charge in [-0.3, -0.25) is 19.2 Å². The van der Waals surface area contributed by atoms with Crippen molar-refractivity contribution in [3.63, 3.8) is 0 Å². The summed E-state index contributed by atoms with van der Waals surface area (Å²) in [6.07, 6.45) is 10.3. The topological polar surface area (TPSA) is 130 Å². The highest BCUT2D eigenvalue weighted by atomic mass is 35.5. The van der Waals surface area contributed by atoms with Crippen LogP contribution in [0.1, 0.15) is 132 Å². The average molecular weight is 754 g/mol. The summed E-state index contributed by atoms with van der Waals surface area (Å²) >= 11 is 6.10. The molecule has 9 atom stereocenters. The summed E-state index contributed by atoms with van der Waals surface area (Å²) < 4.78 is 6.05. The maximum absolute atomic E-state index is 13.8. The summed E-state index contributed by atoms with van der Waals surface area (Å²) in [6.45, 7) is 17.9. The fourth-order valence-electron chi connectivity index (χ4n) is 12.3. The van der Waals surface area contributed by atoms with Crippen molar-refractivity contribution in [3.05, 3.63) is 46.0 Å². The lowest BCUT2D eigenvalue weighted by Gasteiger charge is -2.67. The molecule has 0 aliphatic heterocycles. The van der Waals surface area contributed by atoms with Gasteiger partial charge in [-0.25, -0.2) is 0 Å². The summed E-state index contributed by atoms with van der Waals surface area (Å²) in [6, 6.07) is 8.05. The van der Waals surface area contributed by atoms with Crippen molar-refractivity contribution in [3.8, 4) is 0 Å². The largest absolute Gasteiger partial charge is 0.481 e. The number of Topliss-reactive ketones (excluding diaryl/α,β-unsaturated/α-hetero) is 1. The van der Waals surface area contributed by atoms with E-state index in [9.17, 15) is 19.5 Å². The van der Waals surface area contributed by atoms with Crippen LogP contribution in [-0.4, -0.2) is 46.6 Å². The fourth-order valence-corrected chi connectivity index (χ4v) is 12.4. The molecule has 0 heterocycles. The molecule has 4 saturated carbocycles. The van der Waals surface area contributed by atoms with Crippen LogP contribution < -0.4 is 5.32 Å². The molecule has 53 heavy (non-hydrogen) atoms. The minimum atomic E-state index is -1.13. The van der Waals surface area contributed by atoms with E-state index in [1.54, 1.807) is 19.4 Å². The van der Waals surface area contributed by atoms with Gasteiger partial charge in [-0.2, -0.15) is 0 Å². The average Bonchev–Trinajstić information content (AvgIpc) is 3.37. The van der Waals surface area contributed by atoms with Gasteiger partial charge in [-0.05, 0) is 148 Å². The van der Waals surface area contributed by atoms with E-state index in [4.69, 9.17) is 26.2 Å². The molecule has 294 valence electrons. The summed E-state index contributed by atoms with van der Waals surface area (Å²) in [7, 11) is 0. The van der Waals surface area contributed by atoms with Crippen molar-refractivity contribution in [2.24, 2.45) is 57.2 Å². The summed E-state index contributed by atoms with van der Waals surface area (Å²) in [5.41, 5.74) is 3.21. The molecular weight excluding hydrogens is 690 g/mol. The predicted molar refractivity (Wildman–Crippen MR) is 207 cm³/mol. The molecule has 1 aromatic rings. The van der Waals surface area contributed by atoms with Gasteiger partial charge in [0.1, 0.15) is 6.10 Å². The number of carboxylic acids is 2. The SMILES string of the molecule is CC(=O)O.CC(C)C1=C2C3CCC4C(C)(CCC5C(C)C(OC(=O)CC(C)(C)C(=O)O)CCC54C)C3CCC2(CCNCc2ccc(Cl)cc2)CC1=O. The number of fused-ring (bicyclic) bond motifs is 7. The molecule has 5 aliphatic rings. The van der Waals surface area contributed by atoms with Gasteiger partial charge in [0.15, 0.2) is 5.78 Å². The molecule has 3 N–H and O–H groups in total. The Kier molecular flexibility index (Phi) is 12.4. The molecular formula is C44H64ClNO7.